The molecule has 0 saturated carbocycles. The van der Waals surface area contributed by atoms with Crippen LogP contribution in [0.5, 0.6) is 11.5 Å². The standard InChI is InChI=1S/C26H22F3N3O3S/c1-2-34-23-14-18(9-10-22(23)35-16-20-8-3-4-11-30-20)24(33)32-25-31-15-21(36-25)13-17-6-5-7-19(12-17)26(27,28)29/h3-12,14-15H,2,13,16H2,1H3,(H,31,32,33). The molecular weight excluding hydrogens is 491 g/mol. The number of hydrogen-bond acceptors (Lipinski definition) is 6. The van der Waals surface area contributed by atoms with E-state index in [1.165, 1.54) is 17.4 Å². The molecule has 6 nitrogen and oxygen atoms in total. The quantitative estimate of drug-likeness (QED) is 0.281. The van der Waals surface area contributed by atoms with E-state index in [1.54, 1.807) is 36.7 Å². The number of carbonyl (C=O) groups is 1. The number of pyridine rings is 1. The van der Waals surface area contributed by atoms with Crippen LogP contribution in [-0.2, 0) is 19.2 Å². The van der Waals surface area contributed by atoms with Gasteiger partial charge in [0.2, 0.25) is 0 Å². The highest BCUT2D eigenvalue weighted by molar-refractivity contribution is 7.15. The van der Waals surface area contributed by atoms with E-state index in [2.05, 4.69) is 15.3 Å². The monoisotopic (exact) mass is 513 g/mol. The summed E-state index contributed by atoms with van der Waals surface area (Å²) in [6, 6.07) is 15.5. The number of halogens is 3. The molecule has 0 aliphatic carbocycles. The van der Waals surface area contributed by atoms with Crippen LogP contribution >= 0.6 is 11.3 Å². The molecule has 1 N–H and O–H groups in total. The smallest absolute Gasteiger partial charge is 0.416 e. The first-order valence-electron chi connectivity index (χ1n) is 11.0. The topological polar surface area (TPSA) is 73.3 Å². The van der Waals surface area contributed by atoms with Crippen LogP contribution in [0.25, 0.3) is 0 Å². The second-order valence-corrected chi connectivity index (χ2v) is 8.78. The second-order valence-electron chi connectivity index (χ2n) is 7.67. The van der Waals surface area contributed by atoms with E-state index in [1.807, 2.05) is 25.1 Å². The van der Waals surface area contributed by atoms with Crippen molar-refractivity contribution in [2.24, 2.45) is 0 Å². The van der Waals surface area contributed by atoms with Gasteiger partial charge in [-0.25, -0.2) is 4.98 Å². The zero-order valence-electron chi connectivity index (χ0n) is 19.2. The number of ether oxygens (including phenoxy) is 2. The van der Waals surface area contributed by atoms with E-state index in [4.69, 9.17) is 9.47 Å². The van der Waals surface area contributed by atoms with E-state index in [9.17, 15) is 18.0 Å². The van der Waals surface area contributed by atoms with Crippen molar-refractivity contribution < 1.29 is 27.4 Å². The van der Waals surface area contributed by atoms with E-state index in [0.717, 1.165) is 22.7 Å². The summed E-state index contributed by atoms with van der Waals surface area (Å²) in [4.78, 5) is 21.9. The Kier molecular flexibility index (Phi) is 7.84. The summed E-state index contributed by atoms with van der Waals surface area (Å²) in [5, 5.41) is 3.07. The SMILES string of the molecule is CCOc1cc(C(=O)Nc2ncc(Cc3cccc(C(F)(F)F)c3)s2)ccc1OCc1ccccn1. The summed E-state index contributed by atoms with van der Waals surface area (Å²) in [7, 11) is 0. The first kappa shape index (κ1) is 25.2. The summed E-state index contributed by atoms with van der Waals surface area (Å²) < 4.78 is 50.4. The Morgan fingerprint density at radius 3 is 2.61 bits per heavy atom. The van der Waals surface area contributed by atoms with Gasteiger partial charge in [-0.3, -0.25) is 15.1 Å². The van der Waals surface area contributed by atoms with Crippen molar-refractivity contribution in [2.75, 3.05) is 11.9 Å². The summed E-state index contributed by atoms with van der Waals surface area (Å²) in [5.41, 5.74) is 0.911. The van der Waals surface area contributed by atoms with Gasteiger partial charge in [0.1, 0.15) is 6.61 Å². The molecule has 186 valence electrons. The van der Waals surface area contributed by atoms with Gasteiger partial charge in [0.15, 0.2) is 16.6 Å². The molecule has 10 heteroatoms. The van der Waals surface area contributed by atoms with Crippen molar-refractivity contribution in [1.29, 1.82) is 0 Å². The third-order valence-corrected chi connectivity index (χ3v) is 5.93. The lowest BCUT2D eigenvalue weighted by Gasteiger charge is -2.13. The Morgan fingerprint density at radius 1 is 1.00 bits per heavy atom. The zero-order chi connectivity index (χ0) is 25.5. The largest absolute Gasteiger partial charge is 0.490 e. The van der Waals surface area contributed by atoms with Crippen molar-refractivity contribution in [2.45, 2.75) is 26.1 Å². The Bertz CT molecular complexity index is 1330. The van der Waals surface area contributed by atoms with Crippen LogP contribution in [0.15, 0.2) is 73.1 Å². The molecule has 0 aliphatic heterocycles. The van der Waals surface area contributed by atoms with Crippen molar-refractivity contribution in [3.05, 3.63) is 100 Å². The minimum absolute atomic E-state index is 0.250. The Hall–Kier alpha value is -3.92. The van der Waals surface area contributed by atoms with Gasteiger partial charge in [0, 0.05) is 29.3 Å². The molecule has 2 heterocycles. The maximum Gasteiger partial charge on any atom is 0.416 e. The minimum Gasteiger partial charge on any atom is -0.490 e. The molecule has 0 radical (unpaired) electrons. The number of anilines is 1. The average Bonchev–Trinajstić information content (AvgIpc) is 3.30. The molecule has 1 amide bonds. The van der Waals surface area contributed by atoms with E-state index in [0.29, 0.717) is 34.4 Å². The van der Waals surface area contributed by atoms with Gasteiger partial charge in [-0.15, -0.1) is 11.3 Å². The number of hydrogen-bond donors (Lipinski definition) is 1. The fraction of sp³-hybridized carbons (Fsp3) is 0.192. The average molecular weight is 514 g/mol. The second kappa shape index (κ2) is 11.2. The van der Waals surface area contributed by atoms with Crippen LogP contribution in [0, 0.1) is 0 Å². The van der Waals surface area contributed by atoms with Crippen LogP contribution in [0.3, 0.4) is 0 Å². The van der Waals surface area contributed by atoms with Crippen molar-refractivity contribution in [1.82, 2.24) is 9.97 Å². The maximum absolute atomic E-state index is 13.0. The van der Waals surface area contributed by atoms with Crippen LogP contribution in [-0.4, -0.2) is 22.5 Å². The van der Waals surface area contributed by atoms with Crippen LogP contribution in [0.1, 0.15) is 39.0 Å². The number of alkyl halides is 3. The summed E-state index contributed by atoms with van der Waals surface area (Å²) in [6.45, 7) is 2.47. The van der Waals surface area contributed by atoms with Gasteiger partial charge in [-0.1, -0.05) is 24.3 Å². The molecule has 4 aromatic rings. The maximum atomic E-state index is 13.0. The Labute approximate surface area is 209 Å². The lowest BCUT2D eigenvalue weighted by molar-refractivity contribution is -0.137. The van der Waals surface area contributed by atoms with Gasteiger partial charge in [-0.2, -0.15) is 13.2 Å². The molecule has 2 aromatic carbocycles. The molecule has 0 aliphatic rings. The summed E-state index contributed by atoms with van der Waals surface area (Å²) >= 11 is 1.20. The van der Waals surface area contributed by atoms with Gasteiger partial charge in [0.05, 0.1) is 17.9 Å². The molecule has 0 atom stereocenters. The number of amides is 1. The molecule has 0 spiro atoms. The molecule has 0 saturated heterocycles. The fourth-order valence-electron chi connectivity index (χ4n) is 3.35. The predicted molar refractivity (Wildman–Crippen MR) is 130 cm³/mol. The Balaban J connectivity index is 1.42. The normalized spacial score (nSPS) is 11.2. The number of nitrogens with one attached hydrogen (secondary N) is 1. The molecule has 0 fully saturated rings. The summed E-state index contributed by atoms with van der Waals surface area (Å²) in [6.07, 6.45) is -0.906. The third kappa shape index (κ3) is 6.60. The highest BCUT2D eigenvalue weighted by Gasteiger charge is 2.30. The first-order chi connectivity index (χ1) is 17.3. The molecule has 2 aromatic heterocycles. The van der Waals surface area contributed by atoms with Gasteiger partial charge in [-0.05, 0) is 48.9 Å². The molecule has 0 bridgehead atoms. The van der Waals surface area contributed by atoms with Crippen LogP contribution < -0.4 is 14.8 Å². The molecule has 36 heavy (non-hydrogen) atoms. The number of aromatic nitrogens is 2. The lowest BCUT2D eigenvalue weighted by atomic mass is 10.1. The summed E-state index contributed by atoms with van der Waals surface area (Å²) in [5.74, 6) is 0.509. The lowest BCUT2D eigenvalue weighted by Crippen LogP contribution is -2.12. The predicted octanol–water partition coefficient (Wildman–Crippen LogP) is 6.38. The third-order valence-electron chi connectivity index (χ3n) is 5.01. The zero-order valence-corrected chi connectivity index (χ0v) is 20.0. The molecule has 0 unspecified atom stereocenters. The van der Waals surface area contributed by atoms with Crippen molar-refractivity contribution in [3.63, 3.8) is 0 Å². The van der Waals surface area contributed by atoms with E-state index >= 15 is 0 Å². The number of rotatable bonds is 9. The number of thiazole rings is 1. The highest BCUT2D eigenvalue weighted by Crippen LogP contribution is 2.32. The van der Waals surface area contributed by atoms with Crippen LogP contribution in [0.4, 0.5) is 18.3 Å². The van der Waals surface area contributed by atoms with Crippen LogP contribution in [0.2, 0.25) is 0 Å². The number of benzene rings is 2. The van der Waals surface area contributed by atoms with E-state index in [-0.39, 0.29) is 13.0 Å². The van der Waals surface area contributed by atoms with Crippen molar-refractivity contribution in [3.8, 4) is 11.5 Å². The molecule has 4 rings (SSSR count). The highest BCUT2D eigenvalue weighted by atomic mass is 32.1. The van der Waals surface area contributed by atoms with Crippen molar-refractivity contribution >= 4 is 22.4 Å². The van der Waals surface area contributed by atoms with Gasteiger partial charge < -0.3 is 9.47 Å². The number of nitrogens with zero attached hydrogens (tertiary/aromatic N) is 2. The Morgan fingerprint density at radius 2 is 1.86 bits per heavy atom. The first-order valence-corrected chi connectivity index (χ1v) is 11.8. The van der Waals surface area contributed by atoms with Gasteiger partial charge in [0.25, 0.3) is 5.91 Å². The van der Waals surface area contributed by atoms with Gasteiger partial charge >= 0.3 is 6.18 Å². The minimum atomic E-state index is -4.40. The fourth-order valence-corrected chi connectivity index (χ4v) is 4.19. The number of carbonyl (C=O) groups excluding carboxylic acids is 1. The van der Waals surface area contributed by atoms with E-state index < -0.39 is 17.6 Å². The molecular formula is C26H22F3N3O3S.